The van der Waals surface area contributed by atoms with Crippen LogP contribution in [-0.4, -0.2) is 51.2 Å². The third-order valence-corrected chi connectivity index (χ3v) is 3.54. The third kappa shape index (κ3) is 4.23. The Labute approximate surface area is 126 Å². The molecule has 22 heavy (non-hydrogen) atoms. The van der Waals surface area contributed by atoms with E-state index in [4.69, 9.17) is 4.74 Å². The van der Waals surface area contributed by atoms with Crippen LogP contribution in [0.1, 0.15) is 11.6 Å². The largest absolute Gasteiger partial charge is 0.573 e. The van der Waals surface area contributed by atoms with Crippen LogP contribution in [0.5, 0.6) is 11.5 Å². The number of hydrogen-bond acceptors (Lipinski definition) is 4. The zero-order valence-electron chi connectivity index (χ0n) is 12.1. The van der Waals surface area contributed by atoms with E-state index in [1.54, 1.807) is 0 Å². The summed E-state index contributed by atoms with van der Waals surface area (Å²) in [5.74, 6) is -0.200. The van der Waals surface area contributed by atoms with Crippen molar-refractivity contribution < 1.29 is 27.0 Å². The Morgan fingerprint density at radius 1 is 1.27 bits per heavy atom. The minimum Gasteiger partial charge on any atom is -0.496 e. The van der Waals surface area contributed by atoms with Crippen LogP contribution in [-0.2, 0) is 0 Å². The Hall–Kier alpha value is -1.54. The van der Waals surface area contributed by atoms with Gasteiger partial charge in [-0.05, 0) is 12.1 Å². The molecular formula is C14H18F4N2O2. The Morgan fingerprint density at radius 2 is 1.95 bits per heavy atom. The van der Waals surface area contributed by atoms with E-state index in [0.717, 1.165) is 19.2 Å². The topological polar surface area (TPSA) is 33.7 Å². The van der Waals surface area contributed by atoms with Crippen LogP contribution in [0.3, 0.4) is 0 Å². The second-order valence-electron chi connectivity index (χ2n) is 4.91. The van der Waals surface area contributed by atoms with E-state index in [1.165, 1.54) is 19.2 Å². The molecule has 1 aromatic carbocycles. The minimum absolute atomic E-state index is 0.183. The van der Waals surface area contributed by atoms with Crippen molar-refractivity contribution in [2.45, 2.75) is 12.4 Å². The number of nitrogens with one attached hydrogen (secondary N) is 1. The van der Waals surface area contributed by atoms with Crippen LogP contribution in [0.15, 0.2) is 18.2 Å². The van der Waals surface area contributed by atoms with Crippen molar-refractivity contribution in [3.8, 4) is 11.5 Å². The maximum atomic E-state index is 13.5. The Bertz CT molecular complexity index is 490. The average Bonchev–Trinajstić information content (AvgIpc) is 2.48. The quantitative estimate of drug-likeness (QED) is 0.845. The number of piperazine rings is 1. The van der Waals surface area contributed by atoms with Crippen molar-refractivity contribution in [2.24, 2.45) is 0 Å². The lowest BCUT2D eigenvalue weighted by molar-refractivity contribution is -0.274. The molecule has 0 saturated carbocycles. The first kappa shape index (κ1) is 16.8. The Kier molecular flexibility index (Phi) is 5.47. The lowest BCUT2D eigenvalue weighted by Gasteiger charge is -2.34. The van der Waals surface area contributed by atoms with E-state index in [1.807, 2.05) is 4.90 Å². The van der Waals surface area contributed by atoms with E-state index in [2.05, 4.69) is 10.1 Å². The summed E-state index contributed by atoms with van der Waals surface area (Å²) in [5, 5.41) is 3.17. The van der Waals surface area contributed by atoms with Crippen molar-refractivity contribution in [1.82, 2.24) is 10.2 Å². The molecule has 0 spiro atoms. The fourth-order valence-corrected chi connectivity index (χ4v) is 2.54. The monoisotopic (exact) mass is 322 g/mol. The smallest absolute Gasteiger partial charge is 0.496 e. The van der Waals surface area contributed by atoms with E-state index >= 15 is 0 Å². The zero-order valence-corrected chi connectivity index (χ0v) is 12.1. The van der Waals surface area contributed by atoms with Crippen molar-refractivity contribution in [3.63, 3.8) is 0 Å². The molecular weight excluding hydrogens is 304 g/mol. The van der Waals surface area contributed by atoms with Gasteiger partial charge in [-0.15, -0.1) is 13.2 Å². The van der Waals surface area contributed by atoms with Crippen LogP contribution in [0, 0.1) is 0 Å². The number of nitrogens with zero attached hydrogens (tertiary/aromatic N) is 1. The van der Waals surface area contributed by atoms with E-state index in [0.29, 0.717) is 18.7 Å². The highest BCUT2D eigenvalue weighted by Crippen LogP contribution is 2.34. The summed E-state index contributed by atoms with van der Waals surface area (Å²) in [6.45, 7) is 2.18. The summed E-state index contributed by atoms with van der Waals surface area (Å²) in [6.07, 6.45) is -4.77. The van der Waals surface area contributed by atoms with Crippen LogP contribution in [0.4, 0.5) is 17.6 Å². The lowest BCUT2D eigenvalue weighted by atomic mass is 10.0. The molecule has 1 fully saturated rings. The highest BCUT2D eigenvalue weighted by atomic mass is 19.4. The Morgan fingerprint density at radius 3 is 2.50 bits per heavy atom. The van der Waals surface area contributed by atoms with Gasteiger partial charge in [0.2, 0.25) is 0 Å². The fourth-order valence-electron chi connectivity index (χ4n) is 2.54. The lowest BCUT2D eigenvalue weighted by Crippen LogP contribution is -2.45. The molecule has 1 aromatic rings. The molecule has 0 aliphatic carbocycles. The molecule has 1 heterocycles. The number of rotatable bonds is 5. The van der Waals surface area contributed by atoms with Gasteiger partial charge in [0.1, 0.15) is 18.2 Å². The molecule has 4 nitrogen and oxygen atoms in total. The maximum absolute atomic E-state index is 13.5. The molecule has 0 bridgehead atoms. The van der Waals surface area contributed by atoms with Crippen LogP contribution < -0.4 is 14.8 Å². The minimum atomic E-state index is -4.77. The number of alkyl halides is 4. The van der Waals surface area contributed by atoms with E-state index in [9.17, 15) is 17.6 Å². The number of benzene rings is 1. The Balaban J connectivity index is 2.24. The first-order valence-electron chi connectivity index (χ1n) is 6.89. The zero-order chi connectivity index (χ0) is 16.2. The SMILES string of the molecule is COc1cc(OC(F)(F)F)ccc1[C@H](CF)N1CCNCC1. The van der Waals surface area contributed by atoms with Gasteiger partial charge in [0.15, 0.2) is 0 Å². The number of halogens is 4. The second kappa shape index (κ2) is 7.15. The normalized spacial score (nSPS) is 18.0. The van der Waals surface area contributed by atoms with Crippen molar-refractivity contribution >= 4 is 0 Å². The predicted octanol–water partition coefficient (Wildman–Crippen LogP) is 2.51. The van der Waals surface area contributed by atoms with Gasteiger partial charge in [0.05, 0.1) is 13.2 Å². The van der Waals surface area contributed by atoms with Crippen molar-refractivity contribution in [1.29, 1.82) is 0 Å². The standard InChI is InChI=1S/C14H18F4N2O2/c1-21-13-8-10(22-14(16,17)18)2-3-11(13)12(9-15)20-6-4-19-5-7-20/h2-3,8,12,19H,4-7,9H2,1H3/t12-/m0/s1. The van der Waals surface area contributed by atoms with Gasteiger partial charge < -0.3 is 14.8 Å². The van der Waals surface area contributed by atoms with Crippen LogP contribution in [0.25, 0.3) is 0 Å². The van der Waals surface area contributed by atoms with Crippen LogP contribution >= 0.6 is 0 Å². The number of hydrogen-bond donors (Lipinski definition) is 1. The predicted molar refractivity (Wildman–Crippen MR) is 72.8 cm³/mol. The summed E-state index contributed by atoms with van der Waals surface area (Å²) in [4.78, 5) is 1.94. The highest BCUT2D eigenvalue weighted by Gasteiger charge is 2.32. The first-order chi connectivity index (χ1) is 10.4. The fraction of sp³-hybridized carbons (Fsp3) is 0.571. The summed E-state index contributed by atoms with van der Waals surface area (Å²) >= 11 is 0. The summed E-state index contributed by atoms with van der Waals surface area (Å²) in [6, 6.07) is 3.19. The molecule has 1 aliphatic rings. The summed E-state index contributed by atoms with van der Waals surface area (Å²) in [7, 11) is 1.34. The summed E-state index contributed by atoms with van der Waals surface area (Å²) < 4.78 is 59.2. The van der Waals surface area contributed by atoms with Gasteiger partial charge in [-0.1, -0.05) is 0 Å². The molecule has 8 heteroatoms. The first-order valence-corrected chi connectivity index (χ1v) is 6.89. The van der Waals surface area contributed by atoms with Crippen LogP contribution in [0.2, 0.25) is 0 Å². The van der Waals surface area contributed by atoms with E-state index < -0.39 is 19.1 Å². The molecule has 124 valence electrons. The maximum Gasteiger partial charge on any atom is 0.573 e. The van der Waals surface area contributed by atoms with Crippen molar-refractivity contribution in [3.05, 3.63) is 23.8 Å². The van der Waals surface area contributed by atoms with Crippen molar-refractivity contribution in [2.75, 3.05) is 40.0 Å². The molecule has 2 rings (SSSR count). The second-order valence-corrected chi connectivity index (χ2v) is 4.91. The van der Waals surface area contributed by atoms with Gasteiger partial charge in [0, 0.05) is 37.8 Å². The molecule has 1 aliphatic heterocycles. The molecule has 1 atom stereocenters. The molecule has 0 unspecified atom stereocenters. The highest BCUT2D eigenvalue weighted by molar-refractivity contribution is 5.42. The molecule has 1 saturated heterocycles. The molecule has 0 aromatic heterocycles. The van der Waals surface area contributed by atoms with Gasteiger partial charge in [-0.3, -0.25) is 4.90 Å². The van der Waals surface area contributed by atoms with Gasteiger partial charge in [-0.25, -0.2) is 4.39 Å². The van der Waals surface area contributed by atoms with Gasteiger partial charge in [0.25, 0.3) is 0 Å². The average molecular weight is 322 g/mol. The molecule has 0 radical (unpaired) electrons. The molecule has 0 amide bonds. The third-order valence-electron chi connectivity index (χ3n) is 3.54. The number of ether oxygens (including phenoxy) is 2. The van der Waals surface area contributed by atoms with E-state index in [-0.39, 0.29) is 11.5 Å². The summed E-state index contributed by atoms with van der Waals surface area (Å²) in [5.41, 5.74) is 0.515. The molecule has 1 N–H and O–H groups in total. The van der Waals surface area contributed by atoms with Gasteiger partial charge >= 0.3 is 6.36 Å². The number of methoxy groups -OCH3 is 1. The van der Waals surface area contributed by atoms with Gasteiger partial charge in [-0.2, -0.15) is 0 Å².